The van der Waals surface area contributed by atoms with Crippen LogP contribution in [0.2, 0.25) is 0 Å². The van der Waals surface area contributed by atoms with E-state index in [2.05, 4.69) is 87.5 Å². The van der Waals surface area contributed by atoms with Gasteiger partial charge in [-0.1, -0.05) is 63.2 Å². The van der Waals surface area contributed by atoms with Gasteiger partial charge in [0.1, 0.15) is 0 Å². The topological polar surface area (TPSA) is 32.3 Å². The summed E-state index contributed by atoms with van der Waals surface area (Å²) < 4.78 is 0. The molecule has 0 spiro atoms. The van der Waals surface area contributed by atoms with Crippen LogP contribution >= 0.6 is 0 Å². The quantitative estimate of drug-likeness (QED) is 0.721. The van der Waals surface area contributed by atoms with Crippen LogP contribution in [0.5, 0.6) is 0 Å². The lowest BCUT2D eigenvalue weighted by Gasteiger charge is -2.37. The molecule has 0 bridgehead atoms. The highest BCUT2D eigenvalue weighted by Crippen LogP contribution is 2.37. The first-order valence-electron chi connectivity index (χ1n) is 10.9. The van der Waals surface area contributed by atoms with Crippen molar-refractivity contribution in [3.05, 3.63) is 71.3 Å². The Hall–Kier alpha value is -2.13. The molecule has 1 unspecified atom stereocenters. The predicted octanol–water partition coefficient (Wildman–Crippen LogP) is 5.58. The van der Waals surface area contributed by atoms with Crippen molar-refractivity contribution in [2.24, 2.45) is 5.92 Å². The van der Waals surface area contributed by atoms with Crippen molar-refractivity contribution in [1.82, 2.24) is 10.2 Å². The van der Waals surface area contributed by atoms with E-state index in [-0.39, 0.29) is 17.4 Å². The molecule has 1 amide bonds. The normalized spacial score (nSPS) is 21.0. The first-order valence-corrected chi connectivity index (χ1v) is 10.9. The number of amides is 1. The Labute approximate surface area is 176 Å². The second kappa shape index (κ2) is 9.13. The number of nitrogens with one attached hydrogen (secondary N) is 1. The molecule has 0 heterocycles. The van der Waals surface area contributed by atoms with E-state index in [9.17, 15) is 4.79 Å². The molecule has 1 saturated carbocycles. The third kappa shape index (κ3) is 5.48. The molecule has 0 radical (unpaired) electrons. The Kier molecular flexibility index (Phi) is 6.79. The molecule has 3 rings (SSSR count). The number of nitrogens with zero attached hydrogens (tertiary/aromatic N) is 1. The van der Waals surface area contributed by atoms with Crippen molar-refractivity contribution in [3.63, 3.8) is 0 Å². The Balaban J connectivity index is 1.57. The van der Waals surface area contributed by atoms with Crippen molar-refractivity contribution in [1.29, 1.82) is 0 Å². The van der Waals surface area contributed by atoms with Crippen LogP contribution in [-0.2, 0) is 5.41 Å². The zero-order valence-electron chi connectivity index (χ0n) is 18.6. The maximum absolute atomic E-state index is 12.7. The number of benzene rings is 2. The molecule has 0 saturated heterocycles. The van der Waals surface area contributed by atoms with E-state index in [1.165, 1.54) is 11.1 Å². The van der Waals surface area contributed by atoms with Gasteiger partial charge in [0.2, 0.25) is 0 Å². The second-order valence-corrected chi connectivity index (χ2v) is 9.73. The zero-order chi connectivity index (χ0) is 21.0. The first-order chi connectivity index (χ1) is 13.8. The van der Waals surface area contributed by atoms with E-state index in [4.69, 9.17) is 0 Å². The molecule has 0 aliphatic heterocycles. The molecule has 29 heavy (non-hydrogen) atoms. The van der Waals surface area contributed by atoms with Gasteiger partial charge in [0, 0.05) is 17.6 Å². The van der Waals surface area contributed by atoms with Crippen LogP contribution in [0.25, 0.3) is 0 Å². The first kappa shape index (κ1) is 21.6. The van der Waals surface area contributed by atoms with E-state index >= 15 is 0 Å². The van der Waals surface area contributed by atoms with Gasteiger partial charge < -0.3 is 10.2 Å². The van der Waals surface area contributed by atoms with Gasteiger partial charge in [-0.25, -0.2) is 0 Å². The number of carbonyl (C=O) groups is 1. The van der Waals surface area contributed by atoms with Gasteiger partial charge in [-0.05, 0) is 74.4 Å². The molecular weight excluding hydrogens is 356 g/mol. The van der Waals surface area contributed by atoms with Gasteiger partial charge in [0.15, 0.2) is 0 Å². The van der Waals surface area contributed by atoms with Gasteiger partial charge in [-0.2, -0.15) is 0 Å². The smallest absolute Gasteiger partial charge is 0.251 e. The minimum absolute atomic E-state index is 0.0566. The molecule has 1 N–H and O–H groups in total. The predicted molar refractivity (Wildman–Crippen MR) is 121 cm³/mol. The molecule has 3 nitrogen and oxygen atoms in total. The monoisotopic (exact) mass is 392 g/mol. The molecule has 3 heteroatoms. The molecule has 0 aromatic heterocycles. The van der Waals surface area contributed by atoms with Crippen LogP contribution < -0.4 is 5.32 Å². The number of rotatable bonds is 5. The minimum Gasteiger partial charge on any atom is -0.349 e. The largest absolute Gasteiger partial charge is 0.349 e. The zero-order valence-corrected chi connectivity index (χ0v) is 18.6. The van der Waals surface area contributed by atoms with Gasteiger partial charge in [-0.3, -0.25) is 4.79 Å². The van der Waals surface area contributed by atoms with Crippen LogP contribution in [0, 0.1) is 5.92 Å². The van der Waals surface area contributed by atoms with Crippen molar-refractivity contribution in [2.75, 3.05) is 14.1 Å². The minimum atomic E-state index is 0.0566. The van der Waals surface area contributed by atoms with Crippen molar-refractivity contribution in [2.45, 2.75) is 64.0 Å². The summed E-state index contributed by atoms with van der Waals surface area (Å²) in [6, 6.07) is 19.6. The van der Waals surface area contributed by atoms with E-state index in [1.807, 2.05) is 12.1 Å². The number of hydrogen-bond acceptors (Lipinski definition) is 2. The van der Waals surface area contributed by atoms with Crippen LogP contribution in [0.3, 0.4) is 0 Å². The lowest BCUT2D eigenvalue weighted by Crippen LogP contribution is -2.39. The molecular formula is C26H36N2O. The summed E-state index contributed by atoms with van der Waals surface area (Å²) in [7, 11) is 4.35. The van der Waals surface area contributed by atoms with Crippen molar-refractivity contribution < 1.29 is 4.79 Å². The molecule has 1 fully saturated rings. The summed E-state index contributed by atoms with van der Waals surface area (Å²) >= 11 is 0. The highest BCUT2D eigenvalue weighted by molar-refractivity contribution is 5.94. The van der Waals surface area contributed by atoms with Crippen molar-refractivity contribution in [3.8, 4) is 0 Å². The summed E-state index contributed by atoms with van der Waals surface area (Å²) in [4.78, 5) is 15.0. The third-order valence-electron chi connectivity index (χ3n) is 6.26. The van der Waals surface area contributed by atoms with Gasteiger partial charge in [-0.15, -0.1) is 0 Å². The fourth-order valence-corrected chi connectivity index (χ4v) is 4.61. The number of hydrogen-bond donors (Lipinski definition) is 1. The van der Waals surface area contributed by atoms with Crippen molar-refractivity contribution >= 4 is 5.91 Å². The Bertz CT molecular complexity index is 782. The summed E-state index contributed by atoms with van der Waals surface area (Å²) in [6.45, 7) is 6.57. The molecule has 1 aliphatic carbocycles. The second-order valence-electron chi connectivity index (χ2n) is 9.73. The molecule has 1 atom stereocenters. The van der Waals surface area contributed by atoms with Crippen LogP contribution in [0.15, 0.2) is 54.6 Å². The van der Waals surface area contributed by atoms with Gasteiger partial charge in [0.25, 0.3) is 5.91 Å². The maximum atomic E-state index is 12.7. The molecule has 2 aromatic carbocycles. The summed E-state index contributed by atoms with van der Waals surface area (Å²) in [6.07, 6.45) is 4.39. The summed E-state index contributed by atoms with van der Waals surface area (Å²) in [5.41, 5.74) is 3.51. The van der Waals surface area contributed by atoms with Crippen LogP contribution in [0.1, 0.15) is 74.0 Å². The fraction of sp³-hybridized carbons (Fsp3) is 0.500. The highest BCUT2D eigenvalue weighted by Gasteiger charge is 2.30. The SMILES string of the molecule is CN(C)C(c1ccccc1)C1CCC(NC(=O)c2ccc(C(C)(C)C)cc2)CC1. The maximum Gasteiger partial charge on any atom is 0.251 e. The lowest BCUT2D eigenvalue weighted by molar-refractivity contribution is 0.0906. The molecule has 2 aromatic rings. The summed E-state index contributed by atoms with van der Waals surface area (Å²) in [5.74, 6) is 0.688. The standard InChI is InChI=1S/C26H36N2O/c1-26(2,3)22-15-11-21(12-16-22)25(29)27-23-17-13-20(14-18-23)24(28(4)5)19-9-7-6-8-10-19/h6-12,15-16,20,23-24H,13-14,17-18H2,1-5H3,(H,27,29). The highest BCUT2D eigenvalue weighted by atomic mass is 16.1. The lowest BCUT2D eigenvalue weighted by atomic mass is 9.78. The van der Waals surface area contributed by atoms with E-state index in [0.717, 1.165) is 31.2 Å². The van der Waals surface area contributed by atoms with E-state index in [0.29, 0.717) is 12.0 Å². The van der Waals surface area contributed by atoms with E-state index in [1.54, 1.807) is 0 Å². The van der Waals surface area contributed by atoms with Gasteiger partial charge >= 0.3 is 0 Å². The average molecular weight is 393 g/mol. The Morgan fingerprint density at radius 2 is 1.52 bits per heavy atom. The van der Waals surface area contributed by atoms with Crippen LogP contribution in [0.4, 0.5) is 0 Å². The van der Waals surface area contributed by atoms with Crippen LogP contribution in [-0.4, -0.2) is 30.9 Å². The van der Waals surface area contributed by atoms with E-state index < -0.39 is 0 Å². The van der Waals surface area contributed by atoms with Gasteiger partial charge in [0.05, 0.1) is 0 Å². The molecule has 1 aliphatic rings. The number of carbonyl (C=O) groups excluding carboxylic acids is 1. The average Bonchev–Trinajstić information content (AvgIpc) is 2.69. The molecule has 156 valence electrons. The Morgan fingerprint density at radius 1 is 0.931 bits per heavy atom. The Morgan fingerprint density at radius 3 is 2.03 bits per heavy atom. The third-order valence-corrected chi connectivity index (χ3v) is 6.26. The summed E-state index contributed by atoms with van der Waals surface area (Å²) in [5, 5.41) is 3.27. The fourth-order valence-electron chi connectivity index (χ4n) is 4.61.